The van der Waals surface area contributed by atoms with Crippen molar-refractivity contribution >= 4 is 10.9 Å². The average molecular weight is 242 g/mol. The summed E-state index contributed by atoms with van der Waals surface area (Å²) in [5, 5.41) is 5.04. The normalized spacial score (nSPS) is 15.5. The third kappa shape index (κ3) is 2.17. The van der Waals surface area contributed by atoms with Crippen LogP contribution in [0.4, 0.5) is 0 Å². The molecule has 2 aromatic rings. The molecule has 3 rings (SSSR count). The van der Waals surface area contributed by atoms with Crippen LogP contribution in [0.5, 0.6) is 0 Å². The van der Waals surface area contributed by atoms with E-state index >= 15 is 0 Å². The van der Waals surface area contributed by atoms with Crippen molar-refractivity contribution in [3.8, 4) is 0 Å². The molecule has 0 amide bonds. The summed E-state index contributed by atoms with van der Waals surface area (Å²) in [6, 6.07) is 5.35. The van der Waals surface area contributed by atoms with Gasteiger partial charge in [-0.05, 0) is 69.3 Å². The SMILES string of the molecule is Cc1cc(C)c2c(CCNC3CC3)c(C)[nH]c2c1. The van der Waals surface area contributed by atoms with Gasteiger partial charge in [-0.1, -0.05) is 6.07 Å². The summed E-state index contributed by atoms with van der Waals surface area (Å²) in [5.74, 6) is 0. The van der Waals surface area contributed by atoms with Crippen molar-refractivity contribution < 1.29 is 0 Å². The number of nitrogens with one attached hydrogen (secondary N) is 2. The predicted molar refractivity (Wildman–Crippen MR) is 77.2 cm³/mol. The largest absolute Gasteiger partial charge is 0.358 e. The molecule has 2 heteroatoms. The molecule has 18 heavy (non-hydrogen) atoms. The lowest BCUT2D eigenvalue weighted by Gasteiger charge is -2.06. The molecule has 0 radical (unpaired) electrons. The fourth-order valence-electron chi connectivity index (χ4n) is 2.93. The smallest absolute Gasteiger partial charge is 0.0464 e. The molecule has 2 nitrogen and oxygen atoms in total. The molecule has 0 unspecified atom stereocenters. The summed E-state index contributed by atoms with van der Waals surface area (Å²) in [6.07, 6.45) is 3.86. The first kappa shape index (κ1) is 11.8. The third-order valence-corrected chi connectivity index (χ3v) is 3.94. The minimum atomic E-state index is 0.804. The summed E-state index contributed by atoms with van der Waals surface area (Å²) < 4.78 is 0. The van der Waals surface area contributed by atoms with Crippen molar-refractivity contribution in [2.75, 3.05) is 6.54 Å². The van der Waals surface area contributed by atoms with Gasteiger partial charge in [-0.2, -0.15) is 0 Å². The molecule has 0 aliphatic heterocycles. The molecular formula is C16H22N2. The number of aromatic amines is 1. The summed E-state index contributed by atoms with van der Waals surface area (Å²) in [4.78, 5) is 3.53. The fourth-order valence-corrected chi connectivity index (χ4v) is 2.93. The first-order chi connectivity index (χ1) is 8.65. The van der Waals surface area contributed by atoms with Gasteiger partial charge in [0.1, 0.15) is 0 Å². The Labute approximate surface area is 109 Å². The van der Waals surface area contributed by atoms with Crippen LogP contribution in [0.15, 0.2) is 12.1 Å². The Hall–Kier alpha value is -1.28. The summed E-state index contributed by atoms with van der Waals surface area (Å²) in [5.41, 5.74) is 6.86. The highest BCUT2D eigenvalue weighted by Crippen LogP contribution is 2.27. The number of aryl methyl sites for hydroxylation is 3. The highest BCUT2D eigenvalue weighted by atomic mass is 14.9. The number of H-pyrrole nitrogens is 1. The molecule has 96 valence electrons. The van der Waals surface area contributed by atoms with E-state index in [-0.39, 0.29) is 0 Å². The van der Waals surface area contributed by atoms with Gasteiger partial charge in [-0.3, -0.25) is 0 Å². The Morgan fingerprint density at radius 1 is 1.22 bits per heavy atom. The van der Waals surface area contributed by atoms with Crippen molar-refractivity contribution in [2.45, 2.75) is 46.1 Å². The average Bonchev–Trinajstić information content (AvgIpc) is 3.04. The van der Waals surface area contributed by atoms with Gasteiger partial charge in [0.05, 0.1) is 0 Å². The second-order valence-electron chi connectivity index (χ2n) is 5.71. The second kappa shape index (κ2) is 4.43. The van der Waals surface area contributed by atoms with Crippen LogP contribution in [0.1, 0.15) is 35.2 Å². The molecule has 2 N–H and O–H groups in total. The van der Waals surface area contributed by atoms with Gasteiger partial charge in [-0.15, -0.1) is 0 Å². The van der Waals surface area contributed by atoms with Crippen molar-refractivity contribution in [1.29, 1.82) is 0 Å². The Morgan fingerprint density at radius 2 is 2.00 bits per heavy atom. The van der Waals surface area contributed by atoms with E-state index in [4.69, 9.17) is 0 Å². The Bertz CT molecular complexity index is 576. The Balaban J connectivity index is 1.91. The Morgan fingerprint density at radius 3 is 2.72 bits per heavy atom. The van der Waals surface area contributed by atoms with Crippen molar-refractivity contribution in [3.63, 3.8) is 0 Å². The lowest BCUT2D eigenvalue weighted by Crippen LogP contribution is -2.19. The molecule has 0 saturated heterocycles. The van der Waals surface area contributed by atoms with Crippen LogP contribution in [0.3, 0.4) is 0 Å². The molecule has 1 aromatic carbocycles. The van der Waals surface area contributed by atoms with E-state index < -0.39 is 0 Å². The van der Waals surface area contributed by atoms with Gasteiger partial charge in [-0.25, -0.2) is 0 Å². The second-order valence-corrected chi connectivity index (χ2v) is 5.71. The van der Waals surface area contributed by atoms with Crippen LogP contribution in [-0.4, -0.2) is 17.6 Å². The summed E-state index contributed by atoms with van der Waals surface area (Å²) in [6.45, 7) is 7.68. The van der Waals surface area contributed by atoms with Crippen molar-refractivity contribution in [1.82, 2.24) is 10.3 Å². The summed E-state index contributed by atoms with van der Waals surface area (Å²) >= 11 is 0. The zero-order chi connectivity index (χ0) is 12.7. The molecular weight excluding hydrogens is 220 g/mol. The topological polar surface area (TPSA) is 27.8 Å². The van der Waals surface area contributed by atoms with Crippen molar-refractivity contribution in [3.05, 3.63) is 34.5 Å². The molecule has 0 spiro atoms. The van der Waals surface area contributed by atoms with Crippen LogP contribution < -0.4 is 5.32 Å². The predicted octanol–water partition coefficient (Wildman–Crippen LogP) is 3.39. The van der Waals surface area contributed by atoms with Gasteiger partial charge < -0.3 is 10.3 Å². The van der Waals surface area contributed by atoms with E-state index in [2.05, 4.69) is 43.2 Å². The van der Waals surface area contributed by atoms with Gasteiger partial charge in [0, 0.05) is 22.6 Å². The number of benzene rings is 1. The van der Waals surface area contributed by atoms with E-state index in [9.17, 15) is 0 Å². The highest BCUT2D eigenvalue weighted by Gasteiger charge is 2.20. The molecule has 0 bridgehead atoms. The molecule has 0 atom stereocenters. The van der Waals surface area contributed by atoms with E-state index in [0.717, 1.165) is 19.0 Å². The van der Waals surface area contributed by atoms with Crippen LogP contribution in [-0.2, 0) is 6.42 Å². The maximum atomic E-state index is 3.60. The molecule has 1 saturated carbocycles. The molecule has 1 heterocycles. The maximum absolute atomic E-state index is 3.60. The van der Waals surface area contributed by atoms with Crippen LogP contribution in [0.2, 0.25) is 0 Å². The van der Waals surface area contributed by atoms with Gasteiger partial charge in [0.15, 0.2) is 0 Å². The van der Waals surface area contributed by atoms with Crippen LogP contribution >= 0.6 is 0 Å². The lowest BCUT2D eigenvalue weighted by atomic mass is 10.0. The molecule has 1 aliphatic rings. The van der Waals surface area contributed by atoms with Crippen LogP contribution in [0.25, 0.3) is 10.9 Å². The number of aromatic nitrogens is 1. The lowest BCUT2D eigenvalue weighted by molar-refractivity contribution is 0.682. The monoisotopic (exact) mass is 242 g/mol. The first-order valence-corrected chi connectivity index (χ1v) is 6.97. The van der Waals surface area contributed by atoms with E-state index in [0.29, 0.717) is 0 Å². The van der Waals surface area contributed by atoms with Crippen LogP contribution in [0, 0.1) is 20.8 Å². The minimum absolute atomic E-state index is 0.804. The number of fused-ring (bicyclic) bond motifs is 1. The Kier molecular flexibility index (Phi) is 2.90. The zero-order valence-electron chi connectivity index (χ0n) is 11.6. The number of hydrogen-bond donors (Lipinski definition) is 2. The quantitative estimate of drug-likeness (QED) is 0.845. The number of hydrogen-bond acceptors (Lipinski definition) is 1. The fraction of sp³-hybridized carbons (Fsp3) is 0.500. The summed E-state index contributed by atoms with van der Waals surface area (Å²) in [7, 11) is 0. The van der Waals surface area contributed by atoms with Gasteiger partial charge in [0.25, 0.3) is 0 Å². The van der Waals surface area contributed by atoms with E-state index in [1.54, 1.807) is 0 Å². The van der Waals surface area contributed by atoms with E-state index in [1.165, 1.54) is 46.1 Å². The first-order valence-electron chi connectivity index (χ1n) is 6.97. The van der Waals surface area contributed by atoms with Gasteiger partial charge >= 0.3 is 0 Å². The zero-order valence-corrected chi connectivity index (χ0v) is 11.6. The van der Waals surface area contributed by atoms with E-state index in [1.807, 2.05) is 0 Å². The third-order valence-electron chi connectivity index (χ3n) is 3.94. The molecule has 1 aliphatic carbocycles. The van der Waals surface area contributed by atoms with Crippen molar-refractivity contribution in [2.24, 2.45) is 0 Å². The maximum Gasteiger partial charge on any atom is 0.0464 e. The molecule has 1 aromatic heterocycles. The minimum Gasteiger partial charge on any atom is -0.358 e. The highest BCUT2D eigenvalue weighted by molar-refractivity contribution is 5.88. The molecule has 1 fully saturated rings. The standard InChI is InChI=1S/C16H22N2/c1-10-8-11(2)16-14(6-7-17-13-4-5-13)12(3)18-15(16)9-10/h8-9,13,17-18H,4-7H2,1-3H3. The van der Waals surface area contributed by atoms with Gasteiger partial charge in [0.2, 0.25) is 0 Å². The number of rotatable bonds is 4.